The number of amides is 1. The summed E-state index contributed by atoms with van der Waals surface area (Å²) in [7, 11) is 3.36. The second kappa shape index (κ2) is 22.8. The number of carbonyl (C=O) groups excluding carboxylic acids is 1. The fourth-order valence-electron chi connectivity index (χ4n) is 5.75. The van der Waals surface area contributed by atoms with Gasteiger partial charge >= 0.3 is 5.97 Å². The van der Waals surface area contributed by atoms with E-state index in [0.717, 1.165) is 53.2 Å². The molecule has 2 aromatic carbocycles. The zero-order valence-corrected chi connectivity index (χ0v) is 32.1. The predicted molar refractivity (Wildman–Crippen MR) is 207 cm³/mol. The lowest BCUT2D eigenvalue weighted by Crippen LogP contribution is -2.41. The van der Waals surface area contributed by atoms with E-state index in [1.165, 1.54) is 0 Å². The van der Waals surface area contributed by atoms with Crippen LogP contribution in [0.15, 0.2) is 90.9 Å². The maximum Gasteiger partial charge on any atom is 0.326 e. The first-order chi connectivity index (χ1) is 24.1. The molecule has 8 nitrogen and oxygen atoms in total. The van der Waals surface area contributed by atoms with E-state index < -0.39 is 12.0 Å². The lowest BCUT2D eigenvalue weighted by molar-refractivity contribution is -0.139. The molecule has 50 heavy (non-hydrogen) atoms. The number of nitrogens with zero attached hydrogens (tertiary/aromatic N) is 1. The van der Waals surface area contributed by atoms with Crippen LogP contribution < -0.4 is 5.32 Å². The molecule has 2 aromatic rings. The minimum Gasteiger partial charge on any atom is -0.501 e. The quantitative estimate of drug-likeness (QED) is 0.141. The Morgan fingerprint density at radius 3 is 2.48 bits per heavy atom. The monoisotopic (exact) mass is 706 g/mol. The maximum absolute atomic E-state index is 13.4. The van der Waals surface area contributed by atoms with Gasteiger partial charge in [-0.05, 0) is 97.2 Å². The molecule has 1 fully saturated rings. The number of methoxy groups -OCH3 is 2. The Kier molecular flexibility index (Phi) is 19.4. The van der Waals surface area contributed by atoms with Crippen molar-refractivity contribution in [2.24, 2.45) is 5.92 Å². The summed E-state index contributed by atoms with van der Waals surface area (Å²) in [4.78, 5) is 27.7. The highest BCUT2D eigenvalue weighted by Crippen LogP contribution is 2.31. The second-order valence-electron chi connectivity index (χ2n) is 12.3. The van der Waals surface area contributed by atoms with Crippen LogP contribution in [0.3, 0.4) is 0 Å². The van der Waals surface area contributed by atoms with Crippen molar-refractivity contribution in [1.29, 1.82) is 0 Å². The van der Waals surface area contributed by atoms with Crippen molar-refractivity contribution < 1.29 is 28.9 Å². The lowest BCUT2D eigenvalue weighted by Gasteiger charge is -2.24. The van der Waals surface area contributed by atoms with Crippen molar-refractivity contribution in [1.82, 2.24) is 10.2 Å². The molecule has 0 spiro atoms. The van der Waals surface area contributed by atoms with E-state index in [1.807, 2.05) is 70.3 Å². The topological polar surface area (TPSA) is 97.3 Å². The molecule has 4 atom stereocenters. The maximum atomic E-state index is 13.4. The zero-order valence-electron chi connectivity index (χ0n) is 31.2. The van der Waals surface area contributed by atoms with E-state index in [-0.39, 0.29) is 18.1 Å². The van der Waals surface area contributed by atoms with E-state index in [0.29, 0.717) is 36.8 Å². The van der Waals surface area contributed by atoms with E-state index >= 15 is 0 Å². The number of thioether (sulfide) groups is 1. The number of carbonyl (C=O) groups is 2. The van der Waals surface area contributed by atoms with E-state index in [9.17, 15) is 14.7 Å². The Labute approximate surface area is 304 Å². The van der Waals surface area contributed by atoms with Crippen LogP contribution in [-0.2, 0) is 25.5 Å². The number of carboxylic acids is 1. The molecular weight excluding hydrogens is 649 g/mol. The molecule has 1 aliphatic heterocycles. The van der Waals surface area contributed by atoms with Crippen LogP contribution in [0.1, 0.15) is 68.4 Å². The smallest absolute Gasteiger partial charge is 0.326 e. The number of nitrogens with one attached hydrogen (secondary N) is 1. The number of allylic oxidation sites excluding steroid dienone is 6. The molecule has 0 aromatic heterocycles. The van der Waals surface area contributed by atoms with Gasteiger partial charge in [0.25, 0.3) is 5.91 Å². The molecule has 2 N–H and O–H groups in total. The van der Waals surface area contributed by atoms with Gasteiger partial charge < -0.3 is 24.6 Å². The van der Waals surface area contributed by atoms with Gasteiger partial charge in [-0.1, -0.05) is 69.8 Å². The first-order valence-corrected chi connectivity index (χ1v) is 18.8. The summed E-state index contributed by atoms with van der Waals surface area (Å²) in [6, 6.07) is 13.1. The Bertz CT molecular complexity index is 1470. The van der Waals surface area contributed by atoms with Gasteiger partial charge in [0.15, 0.2) is 0 Å². The first kappa shape index (κ1) is 42.4. The average molecular weight is 707 g/mol. The molecule has 0 bridgehead atoms. The van der Waals surface area contributed by atoms with Gasteiger partial charge in [0.2, 0.25) is 0 Å². The Balaban J connectivity index is 0.000000858. The lowest BCUT2D eigenvalue weighted by atomic mass is 9.93. The standard InChI is InChI=1S/C33H42N2O5S.C6H10O.C2H6/c1-22-9-12-26(13-10-22)40-27-18-25(21-39-3)35(20-27)19-24-11-14-29(30(17-24)28-8-6-5-7-23(28)2)32(36)34-31(33(37)38)15-16-41-4;1-4-5-6(2)7-3;1-2/h5-9,11-14,17,22,25,27,31H,10,15-16,18-21H2,1-4H3,(H,34,36)(H,37,38);4-5H,1H2,2-3H3;1-2H3/b;6-5+;. The van der Waals surface area contributed by atoms with Crippen LogP contribution in [0.2, 0.25) is 0 Å². The third-order valence-electron chi connectivity index (χ3n) is 8.47. The average Bonchev–Trinajstić information content (AvgIpc) is 3.48. The molecule has 0 saturated carbocycles. The summed E-state index contributed by atoms with van der Waals surface area (Å²) in [5, 5.41) is 12.4. The second-order valence-corrected chi connectivity index (χ2v) is 13.2. The van der Waals surface area contributed by atoms with Crippen LogP contribution in [0.4, 0.5) is 0 Å². The van der Waals surface area contributed by atoms with Crippen molar-refractivity contribution in [3.8, 4) is 11.1 Å². The summed E-state index contributed by atoms with van der Waals surface area (Å²) in [6.07, 6.45) is 14.2. The van der Waals surface area contributed by atoms with Crippen molar-refractivity contribution in [3.63, 3.8) is 0 Å². The third-order valence-corrected chi connectivity index (χ3v) is 9.11. The van der Waals surface area contributed by atoms with E-state index in [2.05, 4.69) is 48.0 Å². The molecule has 2 aliphatic rings. The van der Waals surface area contributed by atoms with Gasteiger partial charge in [0, 0.05) is 38.2 Å². The summed E-state index contributed by atoms with van der Waals surface area (Å²) >= 11 is 1.56. The number of likely N-dealkylation sites (tertiary alicyclic amines) is 1. The number of aryl methyl sites for hydroxylation is 1. The van der Waals surface area contributed by atoms with Crippen molar-refractivity contribution in [3.05, 3.63) is 108 Å². The molecule has 1 amide bonds. The summed E-state index contributed by atoms with van der Waals surface area (Å²) in [5.41, 5.74) is 4.35. The Morgan fingerprint density at radius 2 is 1.90 bits per heavy atom. The highest BCUT2D eigenvalue weighted by molar-refractivity contribution is 7.98. The van der Waals surface area contributed by atoms with Crippen molar-refractivity contribution in [2.75, 3.05) is 39.4 Å². The Morgan fingerprint density at radius 1 is 1.16 bits per heavy atom. The third kappa shape index (κ3) is 13.5. The van der Waals surface area contributed by atoms with Gasteiger partial charge in [0.05, 0.1) is 19.5 Å². The molecule has 1 heterocycles. The predicted octanol–water partition coefficient (Wildman–Crippen LogP) is 8.43. The molecule has 9 heteroatoms. The number of rotatable bonds is 15. The Hall–Kier alpha value is -3.79. The van der Waals surface area contributed by atoms with E-state index in [1.54, 1.807) is 38.1 Å². The molecule has 4 rings (SSSR count). The highest BCUT2D eigenvalue weighted by Gasteiger charge is 2.34. The normalized spacial score (nSPS) is 19.2. The number of ether oxygens (including phenoxy) is 3. The molecule has 0 radical (unpaired) electrons. The largest absolute Gasteiger partial charge is 0.501 e. The van der Waals surface area contributed by atoms with Gasteiger partial charge in [-0.3, -0.25) is 9.69 Å². The number of benzene rings is 2. The molecule has 4 unspecified atom stereocenters. The van der Waals surface area contributed by atoms with Crippen LogP contribution in [-0.4, -0.2) is 79.5 Å². The first-order valence-electron chi connectivity index (χ1n) is 17.4. The van der Waals surface area contributed by atoms with Gasteiger partial charge in [-0.25, -0.2) is 4.79 Å². The minimum atomic E-state index is -1.02. The summed E-state index contributed by atoms with van der Waals surface area (Å²) in [6.45, 7) is 15.7. The molecular formula is C41H58N2O6S. The molecule has 274 valence electrons. The van der Waals surface area contributed by atoms with Crippen LogP contribution in [0, 0.1) is 12.8 Å². The van der Waals surface area contributed by atoms with Crippen LogP contribution in [0.25, 0.3) is 11.1 Å². The number of hydrogen-bond donors (Lipinski definition) is 2. The van der Waals surface area contributed by atoms with Crippen LogP contribution in [0.5, 0.6) is 0 Å². The van der Waals surface area contributed by atoms with Gasteiger partial charge in [-0.2, -0.15) is 11.8 Å². The zero-order chi connectivity index (χ0) is 37.1. The number of carboxylic acid groups (broad SMARTS) is 1. The summed E-state index contributed by atoms with van der Waals surface area (Å²) < 4.78 is 16.7. The van der Waals surface area contributed by atoms with Gasteiger partial charge in [0.1, 0.15) is 17.9 Å². The summed E-state index contributed by atoms with van der Waals surface area (Å²) in [5.74, 6) is 1.62. The molecule has 1 aliphatic carbocycles. The van der Waals surface area contributed by atoms with E-state index in [4.69, 9.17) is 14.2 Å². The fourth-order valence-corrected chi connectivity index (χ4v) is 6.22. The minimum absolute atomic E-state index is 0.0783. The highest BCUT2D eigenvalue weighted by atomic mass is 32.2. The molecule has 1 saturated heterocycles. The van der Waals surface area contributed by atoms with Gasteiger partial charge in [-0.15, -0.1) is 0 Å². The number of hydrogen-bond acceptors (Lipinski definition) is 7. The number of aliphatic carboxylic acids is 1. The van der Waals surface area contributed by atoms with Crippen molar-refractivity contribution in [2.45, 2.75) is 78.6 Å². The SMILES string of the molecule is C=C/C=C(\C)OC.CC.COCC1CC(OC2=CCC(C)C=C2)CN1Cc1ccc(C(=O)NC(CCSC)C(=O)O)c(-c2ccccc2C)c1. The van der Waals surface area contributed by atoms with Crippen LogP contribution >= 0.6 is 11.8 Å². The fraction of sp³-hybridized carbons (Fsp3) is 0.463. The van der Waals surface area contributed by atoms with Crippen molar-refractivity contribution >= 4 is 23.6 Å².